The third-order valence-electron chi connectivity index (χ3n) is 5.57. The first kappa shape index (κ1) is 24.8. The zero-order valence-electron chi connectivity index (χ0n) is 19.4. The highest BCUT2D eigenvalue weighted by Gasteiger charge is 2.18. The molecule has 0 amide bonds. The van der Waals surface area contributed by atoms with Gasteiger partial charge < -0.3 is 19.7 Å². The number of aryl methyl sites for hydroxylation is 1. The average molecular weight is 515 g/mol. The zero-order chi connectivity index (χ0) is 25.1. The number of nitrogens with one attached hydrogen (secondary N) is 1. The van der Waals surface area contributed by atoms with Gasteiger partial charge in [-0.25, -0.2) is 19.2 Å². The number of aromatic nitrogens is 3. The Morgan fingerprint density at radius 2 is 2.06 bits per heavy atom. The number of hydrogen-bond acceptors (Lipinski definition) is 6. The predicted octanol–water partition coefficient (Wildman–Crippen LogP) is 6.13. The number of fused-ring (bicyclic) bond motifs is 1. The molecule has 0 bridgehead atoms. The van der Waals surface area contributed by atoms with Crippen LogP contribution in [0, 0.1) is 12.7 Å². The second kappa shape index (κ2) is 10.5. The van der Waals surface area contributed by atoms with E-state index in [-0.39, 0.29) is 11.3 Å². The molecular weight excluding hydrogens is 491 g/mol. The summed E-state index contributed by atoms with van der Waals surface area (Å²) < 4.78 is 21.5. The smallest absolute Gasteiger partial charge is 0.336 e. The van der Waals surface area contributed by atoms with Crippen molar-refractivity contribution in [3.63, 3.8) is 0 Å². The first-order chi connectivity index (χ1) is 16.8. The van der Waals surface area contributed by atoms with E-state index in [9.17, 15) is 14.3 Å². The van der Waals surface area contributed by atoms with Crippen molar-refractivity contribution in [2.45, 2.75) is 25.3 Å². The molecule has 10 heteroatoms. The Hall–Kier alpha value is -3.30. The van der Waals surface area contributed by atoms with E-state index in [0.29, 0.717) is 45.4 Å². The highest BCUT2D eigenvalue weighted by Crippen LogP contribution is 2.36. The van der Waals surface area contributed by atoms with Crippen LogP contribution in [0.25, 0.3) is 22.2 Å². The maximum atomic E-state index is 14.2. The van der Waals surface area contributed by atoms with Crippen molar-refractivity contribution >= 4 is 46.1 Å². The number of carboxylic acids is 1. The van der Waals surface area contributed by atoms with Gasteiger partial charge in [0.05, 0.1) is 28.9 Å². The number of benzene rings is 2. The standard InChI is InChI=1S/C25H24ClFN4O3S/c1-4-35-21-10-15(5-6-16(21)25(32)33)20-12-22(30-13-29-20)28-7-8-31-14(2)9-17-23(31)18(26)11-19(27)24(17)34-3/h5-6,9-13H,4,7-8H2,1-3H3,(H,32,33)(H,28,29,30). The lowest BCUT2D eigenvalue weighted by molar-refractivity contribution is 0.0693. The average Bonchev–Trinajstić information content (AvgIpc) is 3.15. The fraction of sp³-hybridized carbons (Fsp3) is 0.240. The summed E-state index contributed by atoms with van der Waals surface area (Å²) in [5.41, 5.74) is 3.41. The lowest BCUT2D eigenvalue weighted by Crippen LogP contribution is -2.12. The Bertz CT molecular complexity index is 1410. The molecule has 0 saturated carbocycles. The van der Waals surface area contributed by atoms with Crippen LogP contribution in [0.2, 0.25) is 5.02 Å². The van der Waals surface area contributed by atoms with Crippen LogP contribution in [-0.4, -0.2) is 45.0 Å². The number of hydrogen-bond donors (Lipinski definition) is 2. The highest BCUT2D eigenvalue weighted by atomic mass is 35.5. The lowest BCUT2D eigenvalue weighted by Gasteiger charge is -2.13. The lowest BCUT2D eigenvalue weighted by atomic mass is 10.1. The van der Waals surface area contributed by atoms with Gasteiger partial charge >= 0.3 is 5.97 Å². The number of rotatable bonds is 9. The number of carboxylic acid groups (broad SMARTS) is 1. The van der Waals surface area contributed by atoms with E-state index in [0.717, 1.165) is 17.0 Å². The summed E-state index contributed by atoms with van der Waals surface area (Å²) in [5, 5.41) is 13.7. The third-order valence-corrected chi connectivity index (χ3v) is 6.79. The van der Waals surface area contributed by atoms with Gasteiger partial charge in [-0.15, -0.1) is 11.8 Å². The normalized spacial score (nSPS) is 11.1. The van der Waals surface area contributed by atoms with Crippen LogP contribution in [0.15, 0.2) is 47.6 Å². The van der Waals surface area contributed by atoms with Crippen molar-refractivity contribution in [1.29, 1.82) is 0 Å². The van der Waals surface area contributed by atoms with Crippen LogP contribution >= 0.6 is 23.4 Å². The molecule has 35 heavy (non-hydrogen) atoms. The van der Waals surface area contributed by atoms with Gasteiger partial charge in [-0.3, -0.25) is 0 Å². The molecule has 0 saturated heterocycles. The van der Waals surface area contributed by atoms with Gasteiger partial charge in [-0.2, -0.15) is 0 Å². The molecule has 2 N–H and O–H groups in total. The van der Waals surface area contributed by atoms with Gasteiger partial charge in [-0.05, 0) is 36.9 Å². The second-order valence-electron chi connectivity index (χ2n) is 7.74. The quantitative estimate of drug-likeness (QED) is 0.260. The molecular formula is C25H24ClFN4O3S. The van der Waals surface area contributed by atoms with Crippen molar-refractivity contribution in [3.05, 3.63) is 64.8 Å². The summed E-state index contributed by atoms with van der Waals surface area (Å²) in [7, 11) is 1.44. The van der Waals surface area contributed by atoms with Crippen LogP contribution in [0.3, 0.4) is 0 Å². The molecule has 4 aromatic rings. The molecule has 0 spiro atoms. The SMILES string of the molecule is CCSc1cc(-c2cc(NCCn3c(C)cc4c(OC)c(F)cc(Cl)c43)ncn2)ccc1C(=O)O. The van der Waals surface area contributed by atoms with Crippen molar-refractivity contribution in [3.8, 4) is 17.0 Å². The third kappa shape index (κ3) is 5.06. The van der Waals surface area contributed by atoms with Crippen molar-refractivity contribution < 1.29 is 19.0 Å². The molecule has 0 fully saturated rings. The predicted molar refractivity (Wildman–Crippen MR) is 138 cm³/mol. The van der Waals surface area contributed by atoms with Crippen LogP contribution in [-0.2, 0) is 6.54 Å². The maximum Gasteiger partial charge on any atom is 0.336 e. The van der Waals surface area contributed by atoms with Crippen LogP contribution < -0.4 is 10.1 Å². The molecule has 0 atom stereocenters. The number of carbonyl (C=O) groups is 1. The summed E-state index contributed by atoms with van der Waals surface area (Å²) in [5.74, 6) is 0.118. The van der Waals surface area contributed by atoms with E-state index in [4.69, 9.17) is 16.3 Å². The Kier molecular flexibility index (Phi) is 7.47. The topological polar surface area (TPSA) is 89.3 Å². The van der Waals surface area contributed by atoms with Crippen LogP contribution in [0.5, 0.6) is 5.75 Å². The minimum absolute atomic E-state index is 0.175. The van der Waals surface area contributed by atoms with Crippen molar-refractivity contribution in [2.75, 3.05) is 24.7 Å². The van der Waals surface area contributed by atoms with Gasteiger partial charge in [-0.1, -0.05) is 24.6 Å². The molecule has 2 heterocycles. The number of thioether (sulfide) groups is 1. The maximum absolute atomic E-state index is 14.2. The van der Waals surface area contributed by atoms with Crippen LogP contribution in [0.1, 0.15) is 23.0 Å². The Morgan fingerprint density at radius 3 is 2.77 bits per heavy atom. The summed E-state index contributed by atoms with van der Waals surface area (Å²) in [6.07, 6.45) is 1.47. The zero-order valence-corrected chi connectivity index (χ0v) is 21.0. The summed E-state index contributed by atoms with van der Waals surface area (Å²) >= 11 is 7.84. The molecule has 0 aliphatic carbocycles. The summed E-state index contributed by atoms with van der Waals surface area (Å²) in [6, 6.07) is 10.1. The van der Waals surface area contributed by atoms with Gasteiger partial charge in [0.15, 0.2) is 11.6 Å². The summed E-state index contributed by atoms with van der Waals surface area (Å²) in [4.78, 5) is 20.9. The van der Waals surface area contributed by atoms with Crippen molar-refractivity contribution in [2.24, 2.45) is 0 Å². The summed E-state index contributed by atoms with van der Waals surface area (Å²) in [6.45, 7) is 5.01. The molecule has 182 valence electrons. The van der Waals surface area contributed by atoms with E-state index in [1.807, 2.05) is 36.6 Å². The number of aromatic carboxylic acids is 1. The monoisotopic (exact) mass is 514 g/mol. The minimum atomic E-state index is -0.953. The van der Waals surface area contributed by atoms with Gasteiger partial charge in [0.1, 0.15) is 12.1 Å². The Balaban J connectivity index is 1.54. The molecule has 0 radical (unpaired) electrons. The number of methoxy groups -OCH3 is 1. The first-order valence-corrected chi connectivity index (χ1v) is 12.3. The highest BCUT2D eigenvalue weighted by molar-refractivity contribution is 7.99. The molecule has 7 nitrogen and oxygen atoms in total. The Labute approximate surface area is 211 Å². The second-order valence-corrected chi connectivity index (χ2v) is 9.45. The number of anilines is 1. The molecule has 0 aliphatic rings. The fourth-order valence-electron chi connectivity index (χ4n) is 4.02. The Morgan fingerprint density at radius 1 is 1.26 bits per heavy atom. The number of nitrogens with zero attached hydrogens (tertiary/aromatic N) is 3. The fourth-order valence-corrected chi connectivity index (χ4v) is 5.15. The van der Waals surface area contributed by atoms with Crippen LogP contribution in [0.4, 0.5) is 10.2 Å². The molecule has 0 aliphatic heterocycles. The molecule has 0 unspecified atom stereocenters. The number of ether oxygens (including phenoxy) is 1. The first-order valence-electron chi connectivity index (χ1n) is 10.9. The van der Waals surface area contributed by atoms with E-state index in [1.165, 1.54) is 31.3 Å². The van der Waals surface area contributed by atoms with E-state index >= 15 is 0 Å². The van der Waals surface area contributed by atoms with Gasteiger partial charge in [0.25, 0.3) is 0 Å². The molecule has 4 rings (SSSR count). The number of halogens is 2. The molecule has 2 aromatic heterocycles. The largest absolute Gasteiger partial charge is 0.493 e. The van der Waals surface area contributed by atoms with E-state index in [2.05, 4.69) is 15.3 Å². The van der Waals surface area contributed by atoms with Gasteiger partial charge in [0.2, 0.25) is 0 Å². The molecule has 2 aromatic carbocycles. The van der Waals surface area contributed by atoms with E-state index < -0.39 is 11.8 Å². The van der Waals surface area contributed by atoms with E-state index in [1.54, 1.807) is 12.1 Å². The van der Waals surface area contributed by atoms with Crippen molar-refractivity contribution in [1.82, 2.24) is 14.5 Å². The minimum Gasteiger partial charge on any atom is -0.493 e. The van der Waals surface area contributed by atoms with Gasteiger partial charge in [0, 0.05) is 40.7 Å².